The second kappa shape index (κ2) is 6.03. The van der Waals surface area contributed by atoms with Gasteiger partial charge in [0.05, 0.1) is 0 Å². The van der Waals surface area contributed by atoms with E-state index in [-0.39, 0.29) is 17.0 Å². The van der Waals surface area contributed by atoms with Gasteiger partial charge in [-0.1, -0.05) is 35.5 Å². The Morgan fingerprint density at radius 1 is 1.12 bits per heavy atom. The maximum absolute atomic E-state index is 13.0. The van der Waals surface area contributed by atoms with Crippen LogP contribution in [0.2, 0.25) is 5.02 Å². The van der Waals surface area contributed by atoms with Crippen LogP contribution in [0.5, 0.6) is 0 Å². The number of thioether (sulfide) groups is 1. The van der Waals surface area contributed by atoms with Crippen LogP contribution in [0.25, 0.3) is 11.4 Å². The average Bonchev–Trinajstić information content (AvgIpc) is 3.01. The number of fused-ring (bicyclic) bond motifs is 1. The molecule has 0 saturated carbocycles. The van der Waals surface area contributed by atoms with Gasteiger partial charge in [0, 0.05) is 22.3 Å². The molecule has 7 heteroatoms. The number of hydrogen-bond acceptors (Lipinski definition) is 4. The van der Waals surface area contributed by atoms with Crippen molar-refractivity contribution in [2.24, 2.45) is 0 Å². The average molecular weight is 360 g/mol. The Morgan fingerprint density at radius 3 is 2.54 bits per heavy atom. The van der Waals surface area contributed by atoms with Crippen LogP contribution in [-0.2, 0) is 0 Å². The number of rotatable bonds is 2. The molecule has 0 radical (unpaired) electrons. The lowest BCUT2D eigenvalue weighted by Gasteiger charge is -2.20. The zero-order chi connectivity index (χ0) is 16.7. The molecule has 1 aliphatic rings. The minimum absolute atomic E-state index is 0.0208. The molecule has 3 aromatic rings. The molecule has 0 N–H and O–H groups in total. The lowest BCUT2D eigenvalue weighted by atomic mass is 10.1. The molecule has 120 valence electrons. The molecule has 0 saturated heterocycles. The molecule has 24 heavy (non-hydrogen) atoms. The number of carbonyl (C=O) groups excluding carboxylic acids is 1. The second-order valence-electron chi connectivity index (χ2n) is 5.39. The van der Waals surface area contributed by atoms with E-state index in [0.29, 0.717) is 28.0 Å². The first-order valence-electron chi connectivity index (χ1n) is 7.28. The van der Waals surface area contributed by atoms with Gasteiger partial charge in [-0.2, -0.15) is 4.68 Å². The number of nitrogens with zero attached hydrogens (tertiary/aromatic N) is 3. The Morgan fingerprint density at radius 2 is 1.83 bits per heavy atom. The van der Waals surface area contributed by atoms with Gasteiger partial charge in [0.15, 0.2) is 11.0 Å². The number of hydrogen-bond donors (Lipinski definition) is 0. The van der Waals surface area contributed by atoms with Crippen molar-refractivity contribution >= 4 is 29.3 Å². The lowest BCUT2D eigenvalue weighted by molar-refractivity contribution is 0.0868. The van der Waals surface area contributed by atoms with E-state index in [9.17, 15) is 9.18 Å². The Kier molecular flexibility index (Phi) is 3.86. The van der Waals surface area contributed by atoms with E-state index in [1.807, 2.05) is 24.3 Å². The second-order valence-corrected chi connectivity index (χ2v) is 7.00. The predicted molar refractivity (Wildman–Crippen MR) is 90.7 cm³/mol. The van der Waals surface area contributed by atoms with Crippen molar-refractivity contribution in [3.8, 4) is 11.4 Å². The topological polar surface area (TPSA) is 47.8 Å². The molecule has 2 aromatic carbocycles. The van der Waals surface area contributed by atoms with Crippen molar-refractivity contribution in [2.45, 2.75) is 16.8 Å². The fourth-order valence-electron chi connectivity index (χ4n) is 2.54. The van der Waals surface area contributed by atoms with E-state index in [2.05, 4.69) is 10.1 Å². The van der Waals surface area contributed by atoms with E-state index >= 15 is 0 Å². The van der Waals surface area contributed by atoms with Crippen LogP contribution >= 0.6 is 23.4 Å². The normalized spacial score (nSPS) is 16.9. The minimum atomic E-state index is -0.323. The molecule has 0 fully saturated rings. The van der Waals surface area contributed by atoms with E-state index in [0.717, 1.165) is 5.56 Å². The van der Waals surface area contributed by atoms with Crippen molar-refractivity contribution in [3.05, 3.63) is 64.9 Å². The molecule has 0 spiro atoms. The summed E-state index contributed by atoms with van der Waals surface area (Å²) in [4.78, 5) is 16.8. The molecule has 4 rings (SSSR count). The summed E-state index contributed by atoms with van der Waals surface area (Å²) < 4.78 is 14.4. The number of halogens is 2. The van der Waals surface area contributed by atoms with Crippen molar-refractivity contribution < 1.29 is 9.18 Å². The third-order valence-corrected chi connectivity index (χ3v) is 5.22. The van der Waals surface area contributed by atoms with Gasteiger partial charge in [-0.25, -0.2) is 9.37 Å². The smallest absolute Gasteiger partial charge is 0.250 e. The van der Waals surface area contributed by atoms with Crippen LogP contribution in [0.15, 0.2) is 53.7 Å². The molecule has 0 aliphatic carbocycles. The van der Waals surface area contributed by atoms with Crippen molar-refractivity contribution in [2.75, 3.05) is 0 Å². The largest absolute Gasteiger partial charge is 0.272 e. The lowest BCUT2D eigenvalue weighted by Crippen LogP contribution is -2.20. The summed E-state index contributed by atoms with van der Waals surface area (Å²) in [6.07, 6.45) is 0.339. The Bertz CT molecular complexity index is 909. The summed E-state index contributed by atoms with van der Waals surface area (Å²) in [6.45, 7) is 0. The van der Waals surface area contributed by atoms with Gasteiger partial charge in [-0.3, -0.25) is 4.79 Å². The first-order valence-corrected chi connectivity index (χ1v) is 8.54. The van der Waals surface area contributed by atoms with Crippen LogP contribution in [0, 0.1) is 5.82 Å². The van der Waals surface area contributed by atoms with Crippen LogP contribution in [0.1, 0.15) is 22.0 Å². The summed E-state index contributed by atoms with van der Waals surface area (Å²) in [6, 6.07) is 13.4. The van der Waals surface area contributed by atoms with Gasteiger partial charge in [0.1, 0.15) is 5.82 Å². The van der Waals surface area contributed by atoms with Gasteiger partial charge < -0.3 is 0 Å². The molecule has 0 bridgehead atoms. The van der Waals surface area contributed by atoms with E-state index in [1.165, 1.54) is 28.6 Å². The van der Waals surface area contributed by atoms with Crippen LogP contribution in [0.4, 0.5) is 4.39 Å². The maximum atomic E-state index is 13.0. The first kappa shape index (κ1) is 15.4. The SMILES string of the molecule is O=C1CC(c2ccc(Cl)cc2)Sc2nc(-c3ccc(F)cc3)nn21. The highest BCUT2D eigenvalue weighted by molar-refractivity contribution is 7.99. The summed E-state index contributed by atoms with van der Waals surface area (Å²) in [7, 11) is 0. The summed E-state index contributed by atoms with van der Waals surface area (Å²) >= 11 is 7.41. The Hall–Kier alpha value is -2.18. The standard InChI is InChI=1S/C17H11ClFN3OS/c18-12-5-1-10(2-6-12)14-9-15(23)22-17(24-14)20-16(21-22)11-3-7-13(19)8-4-11/h1-8,14H,9H2. The first-order chi connectivity index (χ1) is 11.6. The van der Waals surface area contributed by atoms with Gasteiger partial charge >= 0.3 is 0 Å². The maximum Gasteiger partial charge on any atom is 0.250 e. The van der Waals surface area contributed by atoms with Crippen LogP contribution in [-0.4, -0.2) is 20.7 Å². The molecule has 2 heterocycles. The monoisotopic (exact) mass is 359 g/mol. The van der Waals surface area contributed by atoms with Gasteiger partial charge in [0.2, 0.25) is 0 Å². The van der Waals surface area contributed by atoms with E-state index < -0.39 is 0 Å². The number of benzene rings is 2. The third kappa shape index (κ3) is 2.83. The fraction of sp³-hybridized carbons (Fsp3) is 0.118. The Labute approximate surface area is 146 Å². The fourth-order valence-corrected chi connectivity index (χ4v) is 3.82. The predicted octanol–water partition coefficient (Wildman–Crippen LogP) is 4.61. The van der Waals surface area contributed by atoms with E-state index in [4.69, 9.17) is 11.6 Å². The molecule has 4 nitrogen and oxygen atoms in total. The zero-order valence-corrected chi connectivity index (χ0v) is 13.9. The molecular weight excluding hydrogens is 349 g/mol. The van der Waals surface area contributed by atoms with Gasteiger partial charge in [0.25, 0.3) is 5.91 Å². The van der Waals surface area contributed by atoms with Crippen LogP contribution in [0.3, 0.4) is 0 Å². The van der Waals surface area contributed by atoms with Gasteiger partial charge in [-0.05, 0) is 42.0 Å². The zero-order valence-electron chi connectivity index (χ0n) is 12.3. The molecule has 1 atom stereocenters. The highest BCUT2D eigenvalue weighted by Crippen LogP contribution is 2.41. The molecular formula is C17H11ClFN3OS. The highest BCUT2D eigenvalue weighted by atomic mass is 35.5. The third-order valence-electron chi connectivity index (χ3n) is 3.77. The Balaban J connectivity index is 1.66. The van der Waals surface area contributed by atoms with Crippen molar-refractivity contribution in [1.82, 2.24) is 14.8 Å². The number of aromatic nitrogens is 3. The van der Waals surface area contributed by atoms with Crippen molar-refractivity contribution in [1.29, 1.82) is 0 Å². The van der Waals surface area contributed by atoms with E-state index in [1.54, 1.807) is 12.1 Å². The molecule has 0 amide bonds. The van der Waals surface area contributed by atoms with Gasteiger partial charge in [-0.15, -0.1) is 5.10 Å². The van der Waals surface area contributed by atoms with Crippen molar-refractivity contribution in [3.63, 3.8) is 0 Å². The summed E-state index contributed by atoms with van der Waals surface area (Å²) in [5, 5.41) is 5.45. The summed E-state index contributed by atoms with van der Waals surface area (Å²) in [5.41, 5.74) is 1.70. The number of carbonyl (C=O) groups is 1. The quantitative estimate of drug-likeness (QED) is 0.670. The molecule has 1 unspecified atom stereocenters. The highest BCUT2D eigenvalue weighted by Gasteiger charge is 2.30. The summed E-state index contributed by atoms with van der Waals surface area (Å²) in [5.74, 6) is -0.0110. The molecule has 1 aliphatic heterocycles. The minimum Gasteiger partial charge on any atom is -0.272 e. The molecule has 1 aromatic heterocycles. The van der Waals surface area contributed by atoms with Crippen LogP contribution < -0.4 is 0 Å².